The topological polar surface area (TPSA) is 55.1 Å². The highest BCUT2D eigenvalue weighted by atomic mass is 79.9. The lowest BCUT2D eigenvalue weighted by atomic mass is 10.1. The number of carbonyl (C=O) groups is 1. The molecule has 0 spiro atoms. The van der Waals surface area contributed by atoms with Crippen LogP contribution in [0.2, 0.25) is 0 Å². The molecule has 0 saturated carbocycles. The van der Waals surface area contributed by atoms with Crippen LogP contribution in [0.1, 0.15) is 21.5 Å². The van der Waals surface area contributed by atoms with Gasteiger partial charge in [0, 0.05) is 27.0 Å². The first-order valence-corrected chi connectivity index (χ1v) is 6.81. The van der Waals surface area contributed by atoms with Gasteiger partial charge in [0.05, 0.1) is 0 Å². The summed E-state index contributed by atoms with van der Waals surface area (Å²) in [7, 11) is 0. The second kappa shape index (κ2) is 5.63. The Bertz CT molecular complexity index is 663. The molecule has 0 aromatic heterocycles. The van der Waals surface area contributed by atoms with E-state index < -0.39 is 11.7 Å². The van der Waals surface area contributed by atoms with Crippen LogP contribution in [0.5, 0.6) is 0 Å². The summed E-state index contributed by atoms with van der Waals surface area (Å²) < 4.78 is 14.5. The van der Waals surface area contributed by atoms with Gasteiger partial charge < -0.3 is 11.1 Å². The molecule has 0 fully saturated rings. The fourth-order valence-corrected chi connectivity index (χ4v) is 2.00. The van der Waals surface area contributed by atoms with Crippen molar-refractivity contribution in [2.24, 2.45) is 0 Å². The Balaban J connectivity index is 2.26. The Morgan fingerprint density at radius 3 is 2.55 bits per heavy atom. The molecule has 2 rings (SSSR count). The smallest absolute Gasteiger partial charge is 0.255 e. The van der Waals surface area contributed by atoms with Crippen molar-refractivity contribution in [1.82, 2.24) is 0 Å². The number of benzene rings is 2. The van der Waals surface area contributed by atoms with Crippen molar-refractivity contribution in [2.75, 3.05) is 11.1 Å². The number of rotatable bonds is 2. The first-order valence-electron chi connectivity index (χ1n) is 6.01. The van der Waals surface area contributed by atoms with E-state index in [2.05, 4.69) is 21.2 Å². The van der Waals surface area contributed by atoms with E-state index in [1.807, 2.05) is 19.1 Å². The molecule has 0 unspecified atom stereocenters. The SMILES string of the molecule is Cc1cc(NC(=O)c2cc(N)c(C)c(F)c2)ccc1Br. The van der Waals surface area contributed by atoms with Crippen LogP contribution in [0, 0.1) is 19.7 Å². The number of aryl methyl sites for hydroxylation is 1. The zero-order valence-corrected chi connectivity index (χ0v) is 12.7. The summed E-state index contributed by atoms with van der Waals surface area (Å²) in [6, 6.07) is 8.10. The molecule has 3 N–H and O–H groups in total. The first kappa shape index (κ1) is 14.5. The van der Waals surface area contributed by atoms with Gasteiger partial charge in [-0.15, -0.1) is 0 Å². The van der Waals surface area contributed by atoms with Crippen molar-refractivity contribution < 1.29 is 9.18 Å². The number of hydrogen-bond donors (Lipinski definition) is 2. The van der Waals surface area contributed by atoms with Gasteiger partial charge in [-0.3, -0.25) is 4.79 Å². The van der Waals surface area contributed by atoms with Crippen molar-refractivity contribution in [2.45, 2.75) is 13.8 Å². The lowest BCUT2D eigenvalue weighted by Gasteiger charge is -2.09. The van der Waals surface area contributed by atoms with Crippen LogP contribution in [-0.4, -0.2) is 5.91 Å². The summed E-state index contributed by atoms with van der Waals surface area (Å²) in [6.45, 7) is 3.49. The minimum atomic E-state index is -0.484. The van der Waals surface area contributed by atoms with Crippen LogP contribution in [0.25, 0.3) is 0 Å². The maximum Gasteiger partial charge on any atom is 0.255 e. The number of anilines is 2. The third-order valence-electron chi connectivity index (χ3n) is 3.06. The van der Waals surface area contributed by atoms with Crippen LogP contribution in [0.15, 0.2) is 34.8 Å². The number of amides is 1. The van der Waals surface area contributed by atoms with Gasteiger partial charge >= 0.3 is 0 Å². The highest BCUT2D eigenvalue weighted by molar-refractivity contribution is 9.10. The maximum atomic E-state index is 13.6. The molecule has 20 heavy (non-hydrogen) atoms. The molecular formula is C15H14BrFN2O. The normalized spacial score (nSPS) is 10.4. The van der Waals surface area contributed by atoms with Gasteiger partial charge in [0.1, 0.15) is 5.82 Å². The molecule has 5 heteroatoms. The van der Waals surface area contributed by atoms with Crippen LogP contribution in [0.4, 0.5) is 15.8 Å². The van der Waals surface area contributed by atoms with E-state index in [0.717, 1.165) is 10.0 Å². The number of nitrogens with two attached hydrogens (primary N) is 1. The lowest BCUT2D eigenvalue weighted by molar-refractivity contribution is 0.102. The Morgan fingerprint density at radius 1 is 1.25 bits per heavy atom. The molecule has 0 bridgehead atoms. The fourth-order valence-electron chi connectivity index (χ4n) is 1.76. The number of halogens is 2. The molecule has 0 heterocycles. The summed E-state index contributed by atoms with van der Waals surface area (Å²) in [6.07, 6.45) is 0. The summed E-state index contributed by atoms with van der Waals surface area (Å²) in [5.74, 6) is -0.876. The molecule has 3 nitrogen and oxygen atoms in total. The summed E-state index contributed by atoms with van der Waals surface area (Å²) in [5, 5.41) is 2.72. The zero-order chi connectivity index (χ0) is 14.9. The molecule has 2 aromatic carbocycles. The van der Waals surface area contributed by atoms with Gasteiger partial charge in [-0.2, -0.15) is 0 Å². The van der Waals surface area contributed by atoms with E-state index in [1.165, 1.54) is 12.1 Å². The Labute approximate surface area is 125 Å². The quantitative estimate of drug-likeness (QED) is 0.813. The molecular weight excluding hydrogens is 323 g/mol. The third kappa shape index (κ3) is 2.99. The van der Waals surface area contributed by atoms with Gasteiger partial charge in [-0.1, -0.05) is 15.9 Å². The van der Waals surface area contributed by atoms with Crippen LogP contribution in [-0.2, 0) is 0 Å². The Morgan fingerprint density at radius 2 is 1.95 bits per heavy atom. The Hall–Kier alpha value is -1.88. The van der Waals surface area contributed by atoms with E-state index in [1.54, 1.807) is 13.0 Å². The van der Waals surface area contributed by atoms with E-state index in [9.17, 15) is 9.18 Å². The largest absolute Gasteiger partial charge is 0.398 e. The molecule has 0 saturated heterocycles. The molecule has 2 aromatic rings. The highest BCUT2D eigenvalue weighted by Crippen LogP contribution is 2.22. The number of carbonyl (C=O) groups excluding carboxylic acids is 1. The van der Waals surface area contributed by atoms with E-state index >= 15 is 0 Å². The van der Waals surface area contributed by atoms with Crippen LogP contribution in [0.3, 0.4) is 0 Å². The summed E-state index contributed by atoms with van der Waals surface area (Å²) >= 11 is 3.39. The average molecular weight is 337 g/mol. The molecule has 0 atom stereocenters. The number of nitrogens with one attached hydrogen (secondary N) is 1. The summed E-state index contributed by atoms with van der Waals surface area (Å²) in [4.78, 5) is 12.1. The average Bonchev–Trinajstić information content (AvgIpc) is 2.39. The van der Waals surface area contributed by atoms with Crippen molar-refractivity contribution in [3.8, 4) is 0 Å². The predicted octanol–water partition coefficient (Wildman–Crippen LogP) is 4.04. The zero-order valence-electron chi connectivity index (χ0n) is 11.1. The molecule has 104 valence electrons. The second-order valence-corrected chi connectivity index (χ2v) is 5.44. The maximum absolute atomic E-state index is 13.6. The number of nitrogen functional groups attached to an aromatic ring is 1. The molecule has 0 radical (unpaired) electrons. The predicted molar refractivity (Wildman–Crippen MR) is 82.4 cm³/mol. The molecule has 1 amide bonds. The number of hydrogen-bond acceptors (Lipinski definition) is 2. The lowest BCUT2D eigenvalue weighted by Crippen LogP contribution is -2.13. The van der Waals surface area contributed by atoms with E-state index in [4.69, 9.17) is 5.73 Å². The fraction of sp³-hybridized carbons (Fsp3) is 0.133. The van der Waals surface area contributed by atoms with Crippen molar-refractivity contribution in [1.29, 1.82) is 0 Å². The Kier molecular flexibility index (Phi) is 4.09. The van der Waals surface area contributed by atoms with E-state index in [-0.39, 0.29) is 11.3 Å². The summed E-state index contributed by atoms with van der Waals surface area (Å²) in [5.41, 5.74) is 8.13. The van der Waals surface area contributed by atoms with Gasteiger partial charge in [0.2, 0.25) is 0 Å². The van der Waals surface area contributed by atoms with Crippen molar-refractivity contribution in [3.05, 3.63) is 57.3 Å². The third-order valence-corrected chi connectivity index (χ3v) is 3.95. The van der Waals surface area contributed by atoms with Crippen molar-refractivity contribution in [3.63, 3.8) is 0 Å². The monoisotopic (exact) mass is 336 g/mol. The minimum Gasteiger partial charge on any atom is -0.398 e. The van der Waals surface area contributed by atoms with Gasteiger partial charge in [0.15, 0.2) is 0 Å². The van der Waals surface area contributed by atoms with Gasteiger partial charge in [0.25, 0.3) is 5.91 Å². The molecule has 0 aliphatic heterocycles. The van der Waals surface area contributed by atoms with Crippen LogP contribution >= 0.6 is 15.9 Å². The van der Waals surface area contributed by atoms with E-state index in [0.29, 0.717) is 11.3 Å². The molecule has 0 aliphatic carbocycles. The standard InChI is InChI=1S/C15H14BrFN2O/c1-8-5-11(3-4-12(8)16)19-15(20)10-6-13(17)9(2)14(18)7-10/h3-7H,18H2,1-2H3,(H,19,20). The van der Waals surface area contributed by atoms with Crippen LogP contribution < -0.4 is 11.1 Å². The van der Waals surface area contributed by atoms with Crippen molar-refractivity contribution >= 4 is 33.2 Å². The first-order chi connectivity index (χ1) is 9.38. The van der Waals surface area contributed by atoms with Gasteiger partial charge in [-0.25, -0.2) is 4.39 Å². The highest BCUT2D eigenvalue weighted by Gasteiger charge is 2.11. The second-order valence-electron chi connectivity index (χ2n) is 4.59. The van der Waals surface area contributed by atoms with Gasteiger partial charge in [-0.05, 0) is 49.7 Å². The minimum absolute atomic E-state index is 0.200. The molecule has 0 aliphatic rings.